The van der Waals surface area contributed by atoms with Crippen molar-refractivity contribution in [2.45, 2.75) is 232 Å². The summed E-state index contributed by atoms with van der Waals surface area (Å²) in [5.41, 5.74) is 0. The highest BCUT2D eigenvalue weighted by atomic mass is 16.6. The molecule has 0 bridgehead atoms. The average Bonchev–Trinajstić information content (AvgIpc) is 3.27. The fraction of sp³-hybridized carbons (Fsp3) is 0.684. The van der Waals surface area contributed by atoms with Crippen LogP contribution in [0, 0.1) is 0 Å². The normalized spacial score (nSPS) is 13.0. The van der Waals surface area contributed by atoms with Crippen molar-refractivity contribution in [1.82, 2.24) is 0 Å². The predicted molar refractivity (Wildman–Crippen MR) is 270 cm³/mol. The zero-order valence-electron chi connectivity index (χ0n) is 40.6. The van der Waals surface area contributed by atoms with Gasteiger partial charge in [0, 0.05) is 19.4 Å². The Kier molecular flexibility index (Phi) is 49.5. The van der Waals surface area contributed by atoms with Crippen LogP contribution in [-0.2, 0) is 23.8 Å². The monoisotopic (exact) mass is 861 g/mol. The van der Waals surface area contributed by atoms with Crippen molar-refractivity contribution in [3.63, 3.8) is 0 Å². The summed E-state index contributed by atoms with van der Waals surface area (Å²) in [6.45, 7) is 7.52. The lowest BCUT2D eigenvalue weighted by Gasteiger charge is -2.18. The van der Waals surface area contributed by atoms with Crippen molar-refractivity contribution in [3.05, 3.63) is 97.2 Å². The van der Waals surface area contributed by atoms with Crippen LogP contribution >= 0.6 is 0 Å². The second-order valence-corrected chi connectivity index (χ2v) is 16.7. The van der Waals surface area contributed by atoms with Crippen molar-refractivity contribution in [1.29, 1.82) is 0 Å². The summed E-state index contributed by atoms with van der Waals surface area (Å²) in [4.78, 5) is 25.4. The van der Waals surface area contributed by atoms with Gasteiger partial charge in [0.1, 0.15) is 6.61 Å². The highest BCUT2D eigenvalue weighted by Crippen LogP contribution is 2.13. The van der Waals surface area contributed by atoms with Gasteiger partial charge in [-0.05, 0) is 116 Å². The fourth-order valence-corrected chi connectivity index (χ4v) is 6.80. The number of ether oxygens (including phenoxy) is 3. The van der Waals surface area contributed by atoms with Crippen LogP contribution in [0.25, 0.3) is 0 Å². The van der Waals surface area contributed by atoms with E-state index >= 15 is 0 Å². The van der Waals surface area contributed by atoms with E-state index in [9.17, 15) is 9.59 Å². The second-order valence-electron chi connectivity index (χ2n) is 16.7. The van der Waals surface area contributed by atoms with E-state index in [2.05, 4.69) is 118 Å². The van der Waals surface area contributed by atoms with Gasteiger partial charge < -0.3 is 14.2 Å². The third kappa shape index (κ3) is 49.5. The summed E-state index contributed by atoms with van der Waals surface area (Å²) in [5.74, 6) is -0.462. The molecule has 0 fully saturated rings. The fourth-order valence-electron chi connectivity index (χ4n) is 6.80. The number of esters is 2. The predicted octanol–water partition coefficient (Wildman–Crippen LogP) is 17.5. The lowest BCUT2D eigenvalue weighted by atomic mass is 10.1. The molecule has 1 unspecified atom stereocenters. The maximum absolute atomic E-state index is 12.8. The minimum absolute atomic E-state index is 0.0529. The molecule has 0 aromatic heterocycles. The zero-order valence-corrected chi connectivity index (χ0v) is 40.6. The summed E-state index contributed by atoms with van der Waals surface area (Å²) >= 11 is 0. The first-order valence-electron chi connectivity index (χ1n) is 25.8. The van der Waals surface area contributed by atoms with Crippen molar-refractivity contribution < 1.29 is 23.8 Å². The molecule has 0 saturated carbocycles. The Bertz CT molecular complexity index is 1200. The molecule has 0 aromatic rings. The van der Waals surface area contributed by atoms with E-state index in [0.717, 1.165) is 103 Å². The van der Waals surface area contributed by atoms with Crippen molar-refractivity contribution in [2.24, 2.45) is 0 Å². The molecule has 0 aromatic carbocycles. The van der Waals surface area contributed by atoms with E-state index in [-0.39, 0.29) is 25.2 Å². The first-order chi connectivity index (χ1) is 30.6. The Balaban J connectivity index is 4.35. The molecule has 5 nitrogen and oxygen atoms in total. The topological polar surface area (TPSA) is 61.8 Å². The van der Waals surface area contributed by atoms with E-state index in [4.69, 9.17) is 14.2 Å². The molecular formula is C57H96O5. The van der Waals surface area contributed by atoms with Gasteiger partial charge in [0.05, 0.1) is 6.61 Å². The van der Waals surface area contributed by atoms with Crippen molar-refractivity contribution in [3.8, 4) is 0 Å². The molecule has 0 heterocycles. The van der Waals surface area contributed by atoms with Gasteiger partial charge >= 0.3 is 11.9 Å². The third-order valence-corrected chi connectivity index (χ3v) is 10.6. The molecule has 0 N–H and O–H groups in total. The number of carbonyl (C=O) groups excluding carboxylic acids is 2. The highest BCUT2D eigenvalue weighted by Gasteiger charge is 2.17. The molecular weight excluding hydrogens is 765 g/mol. The van der Waals surface area contributed by atoms with Crippen LogP contribution in [0.4, 0.5) is 0 Å². The number of allylic oxidation sites excluding steroid dienone is 16. The van der Waals surface area contributed by atoms with E-state index in [0.29, 0.717) is 19.4 Å². The van der Waals surface area contributed by atoms with Crippen LogP contribution in [0.2, 0.25) is 0 Å². The van der Waals surface area contributed by atoms with Crippen LogP contribution in [0.5, 0.6) is 0 Å². The average molecular weight is 861 g/mol. The van der Waals surface area contributed by atoms with Crippen LogP contribution in [0.15, 0.2) is 97.2 Å². The van der Waals surface area contributed by atoms with Gasteiger partial charge in [-0.2, -0.15) is 0 Å². The Morgan fingerprint density at radius 1 is 0.371 bits per heavy atom. The standard InChI is InChI=1S/C57H96O5/c1-4-7-10-13-16-19-22-25-27-28-29-31-34-37-40-43-46-49-52-60-53-55(62-57(59)51-48-45-42-39-36-32-24-21-18-15-12-9-6-3)54-61-56(58)50-47-44-41-38-35-33-30-26-23-20-17-14-11-8-5-2/h7-8,10-11,16-17,19-21,24-27,30,35,38,55H,4-6,9,12-15,18,22-23,28-29,31-34,36-37,39-54H2,1-3H3/b10-7-,11-8-,19-16-,20-17-,24-21-,27-25-,30-26-,38-35-. The number of rotatable bonds is 46. The maximum atomic E-state index is 12.8. The zero-order chi connectivity index (χ0) is 44.9. The minimum Gasteiger partial charge on any atom is -0.462 e. The SMILES string of the molecule is CC/C=C\C/C=C\C/C=C\C/C=C\CCCCC(=O)OCC(COCCCCCCCCCC/C=C\C/C=C\C/C=C\CC)OC(=O)CCCCCCC/C=C\CCCCCC. The molecule has 0 aliphatic rings. The van der Waals surface area contributed by atoms with Crippen LogP contribution in [0.3, 0.4) is 0 Å². The van der Waals surface area contributed by atoms with E-state index in [1.807, 2.05) is 0 Å². The number of hydrogen-bond donors (Lipinski definition) is 0. The van der Waals surface area contributed by atoms with Crippen molar-refractivity contribution >= 4 is 11.9 Å². The lowest BCUT2D eigenvalue weighted by molar-refractivity contribution is -0.163. The van der Waals surface area contributed by atoms with Crippen LogP contribution in [0.1, 0.15) is 226 Å². The first kappa shape index (κ1) is 58.8. The van der Waals surface area contributed by atoms with Gasteiger partial charge in [-0.15, -0.1) is 0 Å². The van der Waals surface area contributed by atoms with E-state index in [1.165, 1.54) is 89.9 Å². The van der Waals surface area contributed by atoms with E-state index < -0.39 is 6.10 Å². The van der Waals surface area contributed by atoms with Crippen molar-refractivity contribution in [2.75, 3.05) is 19.8 Å². The van der Waals surface area contributed by atoms with Gasteiger partial charge in [-0.25, -0.2) is 0 Å². The Morgan fingerprint density at radius 3 is 1.21 bits per heavy atom. The van der Waals surface area contributed by atoms with Crippen LogP contribution in [-0.4, -0.2) is 37.9 Å². The quantitative estimate of drug-likeness (QED) is 0.0347. The minimum atomic E-state index is -0.566. The molecule has 0 saturated heterocycles. The molecule has 354 valence electrons. The molecule has 0 aliphatic heterocycles. The summed E-state index contributed by atoms with van der Waals surface area (Å²) in [5, 5.41) is 0. The molecule has 1 atom stereocenters. The van der Waals surface area contributed by atoms with Gasteiger partial charge in [-0.3, -0.25) is 9.59 Å². The third-order valence-electron chi connectivity index (χ3n) is 10.6. The highest BCUT2D eigenvalue weighted by molar-refractivity contribution is 5.70. The molecule has 0 radical (unpaired) electrons. The summed E-state index contributed by atoms with van der Waals surface area (Å²) in [6, 6.07) is 0. The molecule has 0 rings (SSSR count). The molecule has 62 heavy (non-hydrogen) atoms. The Labute approximate surface area is 383 Å². The smallest absolute Gasteiger partial charge is 0.306 e. The Morgan fingerprint density at radius 2 is 0.726 bits per heavy atom. The second kappa shape index (κ2) is 52.2. The van der Waals surface area contributed by atoms with Gasteiger partial charge in [-0.1, -0.05) is 195 Å². The Hall–Kier alpha value is -3.18. The van der Waals surface area contributed by atoms with E-state index in [1.54, 1.807) is 0 Å². The molecule has 5 heteroatoms. The largest absolute Gasteiger partial charge is 0.462 e. The maximum Gasteiger partial charge on any atom is 0.306 e. The number of carbonyl (C=O) groups is 2. The summed E-state index contributed by atoms with van der Waals surface area (Å²) < 4.78 is 17.4. The molecule has 0 spiro atoms. The number of hydrogen-bond acceptors (Lipinski definition) is 5. The van der Waals surface area contributed by atoms with Crippen LogP contribution < -0.4 is 0 Å². The van der Waals surface area contributed by atoms with Gasteiger partial charge in [0.15, 0.2) is 6.10 Å². The molecule has 0 amide bonds. The summed E-state index contributed by atoms with van der Waals surface area (Å²) in [6.07, 6.45) is 69.9. The van der Waals surface area contributed by atoms with Gasteiger partial charge in [0.25, 0.3) is 0 Å². The summed E-state index contributed by atoms with van der Waals surface area (Å²) in [7, 11) is 0. The molecule has 0 aliphatic carbocycles. The van der Waals surface area contributed by atoms with Gasteiger partial charge in [0.2, 0.25) is 0 Å². The lowest BCUT2D eigenvalue weighted by Crippen LogP contribution is -2.30. The number of unbranched alkanes of at least 4 members (excludes halogenated alkanes) is 19. The first-order valence-corrected chi connectivity index (χ1v) is 25.8.